The summed E-state index contributed by atoms with van der Waals surface area (Å²) in [6.45, 7) is 1.43. The van der Waals surface area contributed by atoms with E-state index in [4.69, 9.17) is 11.6 Å². The molecule has 5 heteroatoms. The molecule has 0 unspecified atom stereocenters. The lowest BCUT2D eigenvalue weighted by molar-refractivity contribution is -0.484. The first kappa shape index (κ1) is 12.6. The highest BCUT2D eigenvalue weighted by atomic mass is 35.5. The van der Waals surface area contributed by atoms with Gasteiger partial charge in [-0.15, -0.1) is 0 Å². The van der Waals surface area contributed by atoms with Crippen molar-refractivity contribution in [3.8, 4) is 0 Å². The van der Waals surface area contributed by atoms with Gasteiger partial charge in [-0.05, 0) is 17.7 Å². The number of hydrogen-bond acceptors (Lipinski definition) is 3. The Hall–Kier alpha value is -1.42. The van der Waals surface area contributed by atoms with E-state index in [1.165, 1.54) is 0 Å². The summed E-state index contributed by atoms with van der Waals surface area (Å²) in [4.78, 5) is 20.8. The van der Waals surface area contributed by atoms with Crippen molar-refractivity contribution < 1.29 is 9.72 Å². The summed E-state index contributed by atoms with van der Waals surface area (Å²) in [5.41, 5.74) is 0.765. The maximum atomic E-state index is 10.7. The molecule has 0 amide bonds. The monoisotopic (exact) mass is 241 g/mol. The first-order chi connectivity index (χ1) is 7.54. The third kappa shape index (κ3) is 3.31. The fraction of sp³-hybridized carbons (Fsp3) is 0.364. The molecule has 0 aromatic heterocycles. The first-order valence-electron chi connectivity index (χ1n) is 4.87. The van der Waals surface area contributed by atoms with Crippen molar-refractivity contribution in [1.82, 2.24) is 0 Å². The molecule has 0 saturated heterocycles. The Morgan fingerprint density at radius 1 is 1.44 bits per heavy atom. The molecule has 0 aliphatic heterocycles. The molecule has 1 rings (SSSR count). The van der Waals surface area contributed by atoms with E-state index in [1.807, 2.05) is 0 Å². The summed E-state index contributed by atoms with van der Waals surface area (Å²) < 4.78 is 0. The number of benzene rings is 1. The number of carbonyl (C=O) groups is 1. The van der Waals surface area contributed by atoms with Crippen LogP contribution < -0.4 is 0 Å². The second-order valence-corrected chi connectivity index (χ2v) is 4.10. The van der Waals surface area contributed by atoms with Gasteiger partial charge in [0.15, 0.2) is 0 Å². The summed E-state index contributed by atoms with van der Waals surface area (Å²) in [5.74, 6) is -0.781. The number of nitro groups is 1. The number of nitrogens with zero attached hydrogens (tertiary/aromatic N) is 1. The minimum Gasteiger partial charge on any atom is -0.303 e. The van der Waals surface area contributed by atoms with E-state index in [0.29, 0.717) is 5.02 Å². The summed E-state index contributed by atoms with van der Waals surface area (Å²) in [6.07, 6.45) is 0.739. The van der Waals surface area contributed by atoms with Crippen LogP contribution in [0.25, 0.3) is 0 Å². The number of hydrogen-bond donors (Lipinski definition) is 0. The molecular weight excluding hydrogens is 230 g/mol. The molecule has 1 aromatic carbocycles. The molecule has 0 saturated carbocycles. The number of aldehydes is 1. The molecule has 0 aliphatic carbocycles. The fourth-order valence-corrected chi connectivity index (χ4v) is 1.67. The van der Waals surface area contributed by atoms with E-state index in [-0.39, 0.29) is 12.5 Å². The maximum Gasteiger partial charge on any atom is 0.211 e. The van der Waals surface area contributed by atoms with Gasteiger partial charge in [0.25, 0.3) is 0 Å². The smallest absolute Gasteiger partial charge is 0.211 e. The molecule has 0 N–H and O–H groups in total. The van der Waals surface area contributed by atoms with Crippen LogP contribution in [0.15, 0.2) is 24.3 Å². The first-order valence-corrected chi connectivity index (χ1v) is 5.25. The van der Waals surface area contributed by atoms with Gasteiger partial charge < -0.3 is 4.79 Å². The lowest BCUT2D eigenvalue weighted by Crippen LogP contribution is -2.20. The number of rotatable bonds is 5. The van der Waals surface area contributed by atoms with Gasteiger partial charge >= 0.3 is 0 Å². The van der Waals surface area contributed by atoms with Crippen molar-refractivity contribution in [2.75, 3.05) is 6.54 Å². The zero-order valence-corrected chi connectivity index (χ0v) is 9.55. The molecule has 0 aliphatic rings. The van der Waals surface area contributed by atoms with Crippen LogP contribution >= 0.6 is 11.6 Å². The van der Waals surface area contributed by atoms with E-state index in [1.54, 1.807) is 31.2 Å². The van der Waals surface area contributed by atoms with Gasteiger partial charge in [-0.3, -0.25) is 10.1 Å². The van der Waals surface area contributed by atoms with Crippen molar-refractivity contribution in [3.63, 3.8) is 0 Å². The molecule has 0 bridgehead atoms. The van der Waals surface area contributed by atoms with Crippen LogP contribution in [0.2, 0.25) is 5.02 Å². The van der Waals surface area contributed by atoms with E-state index in [9.17, 15) is 14.9 Å². The largest absolute Gasteiger partial charge is 0.303 e. The normalized spacial score (nSPS) is 14.1. The van der Waals surface area contributed by atoms with E-state index in [2.05, 4.69) is 0 Å². The lowest BCUT2D eigenvalue weighted by atomic mass is 9.88. The molecule has 86 valence electrons. The average molecular weight is 242 g/mol. The van der Waals surface area contributed by atoms with Crippen LogP contribution in [0.5, 0.6) is 0 Å². The van der Waals surface area contributed by atoms with Gasteiger partial charge in [0, 0.05) is 15.9 Å². The lowest BCUT2D eigenvalue weighted by Gasteiger charge is -2.15. The minimum absolute atomic E-state index is 0.248. The second-order valence-electron chi connectivity index (χ2n) is 3.67. The zero-order chi connectivity index (χ0) is 12.1. The Morgan fingerprint density at radius 3 is 2.44 bits per heavy atom. The van der Waals surface area contributed by atoms with Gasteiger partial charge in [-0.25, -0.2) is 0 Å². The van der Waals surface area contributed by atoms with Crippen molar-refractivity contribution in [2.24, 2.45) is 5.92 Å². The van der Waals surface area contributed by atoms with E-state index < -0.39 is 10.8 Å². The highest BCUT2D eigenvalue weighted by molar-refractivity contribution is 6.30. The van der Waals surface area contributed by atoms with Gasteiger partial charge in [-0.1, -0.05) is 30.7 Å². The highest BCUT2D eigenvalue weighted by Crippen LogP contribution is 2.25. The van der Waals surface area contributed by atoms with Crippen LogP contribution in [0.1, 0.15) is 18.4 Å². The molecule has 1 aromatic rings. The number of halogens is 1. The second kappa shape index (κ2) is 5.61. The maximum absolute atomic E-state index is 10.7. The molecule has 0 fully saturated rings. The quantitative estimate of drug-likeness (QED) is 0.452. The Balaban J connectivity index is 2.95. The fourth-order valence-electron chi connectivity index (χ4n) is 1.54. The third-order valence-corrected chi connectivity index (χ3v) is 2.75. The Bertz CT molecular complexity index is 377. The predicted molar refractivity (Wildman–Crippen MR) is 61.3 cm³/mol. The molecule has 0 heterocycles. The molecular formula is C11H12ClNO3. The number of carbonyl (C=O) groups excluding carboxylic acids is 1. The summed E-state index contributed by atoms with van der Waals surface area (Å²) in [6, 6.07) is 6.77. The van der Waals surface area contributed by atoms with E-state index >= 15 is 0 Å². The van der Waals surface area contributed by atoms with Crippen molar-refractivity contribution in [2.45, 2.75) is 12.8 Å². The minimum atomic E-state index is -0.403. The highest BCUT2D eigenvalue weighted by Gasteiger charge is 2.24. The molecule has 4 nitrogen and oxygen atoms in total. The Morgan fingerprint density at radius 2 is 2.00 bits per heavy atom. The van der Waals surface area contributed by atoms with Crippen molar-refractivity contribution in [3.05, 3.63) is 45.0 Å². The van der Waals surface area contributed by atoms with Crippen LogP contribution in [0, 0.1) is 16.0 Å². The molecule has 0 radical (unpaired) electrons. The summed E-state index contributed by atoms with van der Waals surface area (Å²) >= 11 is 5.73. The zero-order valence-electron chi connectivity index (χ0n) is 8.80. The Kier molecular flexibility index (Phi) is 4.43. The van der Waals surface area contributed by atoms with Crippen LogP contribution in [0.4, 0.5) is 0 Å². The summed E-state index contributed by atoms with van der Waals surface area (Å²) in [5, 5.41) is 11.1. The molecule has 2 atom stereocenters. The molecule has 16 heavy (non-hydrogen) atoms. The van der Waals surface area contributed by atoms with Crippen LogP contribution in [-0.4, -0.2) is 17.8 Å². The third-order valence-electron chi connectivity index (χ3n) is 2.49. The average Bonchev–Trinajstić information content (AvgIpc) is 2.26. The van der Waals surface area contributed by atoms with Gasteiger partial charge in [0.1, 0.15) is 6.29 Å². The van der Waals surface area contributed by atoms with Crippen molar-refractivity contribution >= 4 is 17.9 Å². The van der Waals surface area contributed by atoms with Crippen LogP contribution in [0.3, 0.4) is 0 Å². The predicted octanol–water partition coefficient (Wildman–Crippen LogP) is 2.54. The van der Waals surface area contributed by atoms with Crippen LogP contribution in [-0.2, 0) is 4.79 Å². The van der Waals surface area contributed by atoms with Gasteiger partial charge in [0.05, 0.1) is 5.92 Å². The Labute approximate surface area is 98.4 Å². The van der Waals surface area contributed by atoms with Crippen molar-refractivity contribution in [1.29, 1.82) is 0 Å². The summed E-state index contributed by atoms with van der Waals surface area (Å²) in [7, 11) is 0. The standard InChI is InChI=1S/C11H12ClNO3/c1-8(7-14)11(6-13(15)16)9-2-4-10(12)5-3-9/h2-5,7-8,11H,6H2,1H3/t8-,11-/m0/s1. The van der Waals surface area contributed by atoms with E-state index in [0.717, 1.165) is 11.8 Å². The van der Waals surface area contributed by atoms with Gasteiger partial charge in [-0.2, -0.15) is 0 Å². The SMILES string of the molecule is C[C@@H](C=O)[C@H](C[N+](=O)[O-])c1ccc(Cl)cc1. The van der Waals surface area contributed by atoms with Gasteiger partial charge in [0.2, 0.25) is 6.54 Å². The molecule has 0 spiro atoms. The topological polar surface area (TPSA) is 60.2 Å².